The number of ketones is 1. The molecular formula is C29H39N3O6S. The number of anilines is 1. The molecule has 1 aliphatic rings. The number of benzene rings is 2. The van der Waals surface area contributed by atoms with Gasteiger partial charge < -0.3 is 15.0 Å². The number of sulfonamides is 1. The van der Waals surface area contributed by atoms with Crippen LogP contribution in [0.4, 0.5) is 5.69 Å². The lowest BCUT2D eigenvalue weighted by Crippen LogP contribution is -2.53. The molecule has 0 unspecified atom stereocenters. The van der Waals surface area contributed by atoms with Crippen LogP contribution in [-0.2, 0) is 26.2 Å². The number of nitrogens with one attached hydrogen (secondary N) is 1. The molecule has 2 aromatic rings. The van der Waals surface area contributed by atoms with Gasteiger partial charge in [-0.05, 0) is 56.0 Å². The summed E-state index contributed by atoms with van der Waals surface area (Å²) in [6.45, 7) is 2.83. The van der Waals surface area contributed by atoms with Crippen LogP contribution in [-0.4, -0.2) is 62.9 Å². The Balaban J connectivity index is 1.93. The third-order valence-electron chi connectivity index (χ3n) is 7.07. The Labute approximate surface area is 231 Å². The number of hydrogen-bond donors (Lipinski definition) is 1. The number of amides is 2. The van der Waals surface area contributed by atoms with Gasteiger partial charge in [0.25, 0.3) is 0 Å². The average Bonchev–Trinajstić information content (AvgIpc) is 2.91. The highest BCUT2D eigenvalue weighted by atomic mass is 32.2. The van der Waals surface area contributed by atoms with E-state index in [1.54, 1.807) is 37.4 Å². The van der Waals surface area contributed by atoms with E-state index in [9.17, 15) is 22.8 Å². The molecule has 2 amide bonds. The second-order valence-corrected chi connectivity index (χ2v) is 11.9. The van der Waals surface area contributed by atoms with Crippen LogP contribution in [0.15, 0.2) is 48.5 Å². The summed E-state index contributed by atoms with van der Waals surface area (Å²) in [5.41, 5.74) is 1.32. The van der Waals surface area contributed by atoms with Gasteiger partial charge in [-0.25, -0.2) is 8.42 Å². The first-order chi connectivity index (χ1) is 18.5. The van der Waals surface area contributed by atoms with Crippen molar-refractivity contribution in [2.24, 2.45) is 0 Å². The van der Waals surface area contributed by atoms with Crippen molar-refractivity contribution in [2.75, 3.05) is 24.2 Å². The highest BCUT2D eigenvalue weighted by molar-refractivity contribution is 7.92. The molecule has 3 rings (SSSR count). The Bertz CT molecular complexity index is 1260. The summed E-state index contributed by atoms with van der Waals surface area (Å²) in [5, 5.41) is 3.12. The number of nitrogens with zero attached hydrogens (tertiary/aromatic N) is 2. The molecule has 10 heteroatoms. The lowest BCUT2D eigenvalue weighted by molar-refractivity contribution is -0.140. The monoisotopic (exact) mass is 557 g/mol. The van der Waals surface area contributed by atoms with E-state index in [0.717, 1.165) is 48.2 Å². The molecule has 9 nitrogen and oxygen atoms in total. The summed E-state index contributed by atoms with van der Waals surface area (Å²) in [6.07, 6.45) is 6.45. The topological polar surface area (TPSA) is 113 Å². The van der Waals surface area contributed by atoms with Gasteiger partial charge in [-0.1, -0.05) is 50.5 Å². The molecule has 0 saturated heterocycles. The fourth-order valence-corrected chi connectivity index (χ4v) is 5.73. The van der Waals surface area contributed by atoms with Gasteiger partial charge in [0.05, 0.1) is 19.1 Å². The molecule has 39 heavy (non-hydrogen) atoms. The second-order valence-electron chi connectivity index (χ2n) is 10.0. The van der Waals surface area contributed by atoms with Gasteiger partial charge in [0, 0.05) is 18.2 Å². The fraction of sp³-hybridized carbons (Fsp3) is 0.483. The van der Waals surface area contributed by atoms with Gasteiger partial charge in [-0.2, -0.15) is 0 Å². The van der Waals surface area contributed by atoms with Crippen molar-refractivity contribution in [3.05, 3.63) is 59.7 Å². The Morgan fingerprint density at radius 2 is 1.72 bits per heavy atom. The SMILES string of the molecule is CC[C@@H](C(=O)NC1CCCCC1)N(Cc1ccc(OC)cc1)C(=O)CN(c1cccc(C(C)=O)c1)S(C)(=O)=O. The normalized spacial score (nSPS) is 14.8. The van der Waals surface area contributed by atoms with Gasteiger partial charge in [-0.3, -0.25) is 18.7 Å². The predicted octanol–water partition coefficient (Wildman–Crippen LogP) is 3.92. The maximum atomic E-state index is 13.9. The molecule has 1 saturated carbocycles. The fourth-order valence-electron chi connectivity index (χ4n) is 4.89. The van der Waals surface area contributed by atoms with E-state index >= 15 is 0 Å². The van der Waals surface area contributed by atoms with Crippen molar-refractivity contribution in [3.8, 4) is 5.75 Å². The molecule has 1 aliphatic carbocycles. The Morgan fingerprint density at radius 3 is 2.28 bits per heavy atom. The molecule has 0 bridgehead atoms. The number of carbonyl (C=O) groups is 3. The number of methoxy groups -OCH3 is 1. The smallest absolute Gasteiger partial charge is 0.244 e. The molecular weight excluding hydrogens is 518 g/mol. The predicted molar refractivity (Wildman–Crippen MR) is 151 cm³/mol. The van der Waals surface area contributed by atoms with Crippen LogP contribution in [0.2, 0.25) is 0 Å². The van der Waals surface area contributed by atoms with E-state index in [1.807, 2.05) is 19.1 Å². The molecule has 2 aromatic carbocycles. The van der Waals surface area contributed by atoms with E-state index in [2.05, 4.69) is 5.32 Å². The summed E-state index contributed by atoms with van der Waals surface area (Å²) >= 11 is 0. The van der Waals surface area contributed by atoms with Crippen molar-refractivity contribution in [1.29, 1.82) is 0 Å². The molecule has 212 valence electrons. The van der Waals surface area contributed by atoms with Crippen LogP contribution in [0.5, 0.6) is 5.75 Å². The van der Waals surface area contributed by atoms with Crippen LogP contribution in [0.25, 0.3) is 0 Å². The van der Waals surface area contributed by atoms with E-state index < -0.39 is 28.5 Å². The number of rotatable bonds is 12. The minimum atomic E-state index is -3.89. The maximum absolute atomic E-state index is 13.9. The summed E-state index contributed by atoms with van der Waals surface area (Å²) in [5.74, 6) is -0.318. The van der Waals surface area contributed by atoms with Gasteiger partial charge in [0.15, 0.2) is 5.78 Å². The number of hydrogen-bond acceptors (Lipinski definition) is 6. The first kappa shape index (κ1) is 30.1. The van der Waals surface area contributed by atoms with Crippen molar-refractivity contribution in [3.63, 3.8) is 0 Å². The average molecular weight is 558 g/mol. The summed E-state index contributed by atoms with van der Waals surface area (Å²) < 4.78 is 31.8. The van der Waals surface area contributed by atoms with Gasteiger partial charge in [0.1, 0.15) is 18.3 Å². The number of carbonyl (C=O) groups excluding carboxylic acids is 3. The first-order valence-electron chi connectivity index (χ1n) is 13.3. The lowest BCUT2D eigenvalue weighted by atomic mass is 9.95. The molecule has 0 spiro atoms. The Morgan fingerprint density at radius 1 is 1.05 bits per heavy atom. The number of Topliss-reactive ketones (excluding diaryl/α,β-unsaturated/α-hetero) is 1. The Kier molecular flexibility index (Phi) is 10.5. The zero-order valence-corrected chi connectivity index (χ0v) is 24.0. The Hall–Kier alpha value is -3.40. The van der Waals surface area contributed by atoms with E-state index in [0.29, 0.717) is 17.7 Å². The minimum absolute atomic E-state index is 0.0695. The van der Waals surface area contributed by atoms with Crippen LogP contribution in [0.3, 0.4) is 0 Å². The van der Waals surface area contributed by atoms with Crippen molar-refractivity contribution >= 4 is 33.3 Å². The zero-order chi connectivity index (χ0) is 28.6. The van der Waals surface area contributed by atoms with Crippen LogP contribution < -0.4 is 14.4 Å². The zero-order valence-electron chi connectivity index (χ0n) is 23.2. The van der Waals surface area contributed by atoms with E-state index in [1.165, 1.54) is 17.9 Å². The lowest BCUT2D eigenvalue weighted by Gasteiger charge is -2.34. The third-order valence-corrected chi connectivity index (χ3v) is 8.21. The van der Waals surface area contributed by atoms with Gasteiger partial charge >= 0.3 is 0 Å². The third kappa shape index (κ3) is 8.29. The summed E-state index contributed by atoms with van der Waals surface area (Å²) in [7, 11) is -2.32. The van der Waals surface area contributed by atoms with Crippen molar-refractivity contribution < 1.29 is 27.5 Å². The molecule has 0 radical (unpaired) electrons. The molecule has 0 aromatic heterocycles. The molecule has 1 fully saturated rings. The molecule has 1 atom stereocenters. The minimum Gasteiger partial charge on any atom is -0.497 e. The maximum Gasteiger partial charge on any atom is 0.244 e. The molecule has 0 aliphatic heterocycles. The van der Waals surface area contributed by atoms with Crippen molar-refractivity contribution in [2.45, 2.75) is 71.0 Å². The van der Waals surface area contributed by atoms with Crippen molar-refractivity contribution in [1.82, 2.24) is 10.2 Å². The van der Waals surface area contributed by atoms with Gasteiger partial charge in [-0.15, -0.1) is 0 Å². The standard InChI is InChI=1S/C29H39N3O6S/c1-5-27(29(35)30-24-11-7-6-8-12-24)31(19-22-14-16-26(38-3)17-15-22)28(34)20-32(39(4,36)37)25-13-9-10-23(18-25)21(2)33/h9-10,13-18,24,27H,5-8,11-12,19-20H2,1-4H3,(H,30,35)/t27-/m0/s1. The van der Waals surface area contributed by atoms with Gasteiger partial charge in [0.2, 0.25) is 21.8 Å². The second kappa shape index (κ2) is 13.6. The quantitative estimate of drug-likeness (QED) is 0.396. The van der Waals surface area contributed by atoms with E-state index in [4.69, 9.17) is 4.74 Å². The van der Waals surface area contributed by atoms with Crippen LogP contribution in [0.1, 0.15) is 68.3 Å². The molecule has 0 heterocycles. The number of ether oxygens (including phenoxy) is 1. The highest BCUT2D eigenvalue weighted by Gasteiger charge is 2.33. The van der Waals surface area contributed by atoms with E-state index in [-0.39, 0.29) is 30.0 Å². The summed E-state index contributed by atoms with van der Waals surface area (Å²) in [6, 6.07) is 12.6. The summed E-state index contributed by atoms with van der Waals surface area (Å²) in [4.78, 5) is 40.7. The largest absolute Gasteiger partial charge is 0.497 e. The van der Waals surface area contributed by atoms with Crippen LogP contribution in [0, 0.1) is 0 Å². The highest BCUT2D eigenvalue weighted by Crippen LogP contribution is 2.23. The molecule has 1 N–H and O–H groups in total. The first-order valence-corrected chi connectivity index (χ1v) is 15.2. The van der Waals surface area contributed by atoms with Crippen LogP contribution >= 0.6 is 0 Å².